The molecule has 0 aliphatic heterocycles. The number of nitrogens with one attached hydrogen (secondary N) is 2. The fourth-order valence-corrected chi connectivity index (χ4v) is 1.75. The van der Waals surface area contributed by atoms with Gasteiger partial charge in [-0.05, 0) is 24.3 Å². The lowest BCUT2D eigenvalue weighted by atomic mass is 10.2. The number of hydrogen-bond donors (Lipinski definition) is 3. The van der Waals surface area contributed by atoms with Crippen LogP contribution in [0.5, 0.6) is 5.75 Å². The SMILES string of the molecule is NC(=O)N/N=C/c1ccccc1OCC(=O)Nc1ccccc1. The largest absolute Gasteiger partial charge is 0.483 e. The Morgan fingerprint density at radius 1 is 1.09 bits per heavy atom. The zero-order valence-electron chi connectivity index (χ0n) is 12.2. The highest BCUT2D eigenvalue weighted by Crippen LogP contribution is 2.16. The summed E-state index contributed by atoms with van der Waals surface area (Å²) in [6, 6.07) is 15.3. The molecule has 2 aromatic rings. The summed E-state index contributed by atoms with van der Waals surface area (Å²) in [4.78, 5) is 22.4. The number of nitrogens with two attached hydrogens (primary N) is 1. The van der Waals surface area contributed by atoms with Crippen LogP contribution in [0.4, 0.5) is 10.5 Å². The second kappa shape index (κ2) is 8.18. The van der Waals surface area contributed by atoms with Gasteiger partial charge in [0.05, 0.1) is 6.21 Å². The van der Waals surface area contributed by atoms with Crippen molar-refractivity contribution in [3.8, 4) is 5.75 Å². The first-order valence-electron chi connectivity index (χ1n) is 6.80. The molecule has 0 fully saturated rings. The Labute approximate surface area is 133 Å². The number of amides is 3. The van der Waals surface area contributed by atoms with E-state index in [1.54, 1.807) is 36.4 Å². The smallest absolute Gasteiger partial charge is 0.332 e. The Morgan fingerprint density at radius 3 is 2.52 bits per heavy atom. The van der Waals surface area contributed by atoms with E-state index in [4.69, 9.17) is 10.5 Å². The number of hydrazone groups is 1. The zero-order chi connectivity index (χ0) is 16.5. The summed E-state index contributed by atoms with van der Waals surface area (Å²) in [5, 5.41) is 6.39. The highest BCUT2D eigenvalue weighted by molar-refractivity contribution is 5.92. The van der Waals surface area contributed by atoms with E-state index in [-0.39, 0.29) is 12.5 Å². The van der Waals surface area contributed by atoms with Gasteiger partial charge in [-0.2, -0.15) is 5.10 Å². The zero-order valence-corrected chi connectivity index (χ0v) is 12.2. The molecule has 2 aromatic carbocycles. The van der Waals surface area contributed by atoms with Gasteiger partial charge in [-0.3, -0.25) is 4.79 Å². The van der Waals surface area contributed by atoms with Gasteiger partial charge in [-0.15, -0.1) is 0 Å². The summed E-state index contributed by atoms with van der Waals surface area (Å²) in [5.41, 5.74) is 8.31. The number of carbonyl (C=O) groups excluding carboxylic acids is 2. The number of carbonyl (C=O) groups is 2. The second-order valence-corrected chi connectivity index (χ2v) is 4.47. The van der Waals surface area contributed by atoms with Crippen LogP contribution in [0.15, 0.2) is 59.7 Å². The molecule has 7 heteroatoms. The van der Waals surface area contributed by atoms with Crippen LogP contribution in [0.3, 0.4) is 0 Å². The van der Waals surface area contributed by atoms with E-state index in [1.807, 2.05) is 18.2 Å². The molecular formula is C16H16N4O3. The molecule has 7 nitrogen and oxygen atoms in total. The van der Waals surface area contributed by atoms with E-state index < -0.39 is 6.03 Å². The van der Waals surface area contributed by atoms with Crippen molar-refractivity contribution >= 4 is 23.8 Å². The number of anilines is 1. The first-order valence-corrected chi connectivity index (χ1v) is 6.80. The van der Waals surface area contributed by atoms with E-state index in [1.165, 1.54) is 6.21 Å². The molecule has 0 radical (unpaired) electrons. The maximum Gasteiger partial charge on any atom is 0.332 e. The van der Waals surface area contributed by atoms with E-state index in [0.29, 0.717) is 17.0 Å². The molecule has 118 valence electrons. The lowest BCUT2D eigenvalue weighted by Crippen LogP contribution is -2.24. The number of hydrogen-bond acceptors (Lipinski definition) is 4. The summed E-state index contributed by atoms with van der Waals surface area (Å²) >= 11 is 0. The standard InChI is InChI=1S/C16H16N4O3/c17-16(22)20-18-10-12-6-4-5-9-14(12)23-11-15(21)19-13-7-2-1-3-8-13/h1-10H,11H2,(H,19,21)(H3,17,20,22)/b18-10+. The van der Waals surface area contributed by atoms with Crippen molar-refractivity contribution in [1.29, 1.82) is 0 Å². The Balaban J connectivity index is 1.93. The molecule has 23 heavy (non-hydrogen) atoms. The van der Waals surface area contributed by atoms with Crippen LogP contribution in [-0.2, 0) is 4.79 Å². The molecule has 2 rings (SSSR count). The van der Waals surface area contributed by atoms with Crippen molar-refractivity contribution in [3.05, 3.63) is 60.2 Å². The molecule has 0 aliphatic carbocycles. The second-order valence-electron chi connectivity index (χ2n) is 4.47. The third kappa shape index (κ3) is 5.50. The average molecular weight is 312 g/mol. The van der Waals surface area contributed by atoms with Crippen molar-refractivity contribution in [2.75, 3.05) is 11.9 Å². The molecule has 0 heterocycles. The van der Waals surface area contributed by atoms with Gasteiger partial charge in [0, 0.05) is 11.3 Å². The van der Waals surface area contributed by atoms with E-state index in [0.717, 1.165) is 0 Å². The van der Waals surface area contributed by atoms with Crippen molar-refractivity contribution in [1.82, 2.24) is 5.43 Å². The summed E-state index contributed by atoms with van der Waals surface area (Å²) < 4.78 is 5.48. The minimum absolute atomic E-state index is 0.150. The van der Waals surface area contributed by atoms with Crippen LogP contribution in [0.2, 0.25) is 0 Å². The van der Waals surface area contributed by atoms with Gasteiger partial charge in [-0.1, -0.05) is 30.3 Å². The summed E-state index contributed by atoms with van der Waals surface area (Å²) in [5.74, 6) is 0.184. The average Bonchev–Trinajstić information content (AvgIpc) is 2.54. The molecule has 0 spiro atoms. The highest BCUT2D eigenvalue weighted by atomic mass is 16.5. The normalized spacial score (nSPS) is 10.3. The van der Waals surface area contributed by atoms with Crippen LogP contribution in [0.1, 0.15) is 5.56 Å². The first kappa shape index (κ1) is 16.0. The van der Waals surface area contributed by atoms with Gasteiger partial charge < -0.3 is 15.8 Å². The molecule has 0 aliphatic rings. The maximum absolute atomic E-state index is 11.9. The number of nitrogens with zero attached hydrogens (tertiary/aromatic N) is 1. The number of urea groups is 1. The molecule has 0 bridgehead atoms. The number of primary amides is 1. The quantitative estimate of drug-likeness (QED) is 0.558. The first-order chi connectivity index (χ1) is 11.1. The van der Waals surface area contributed by atoms with E-state index in [9.17, 15) is 9.59 Å². The predicted molar refractivity (Wildman–Crippen MR) is 87.3 cm³/mol. The Kier molecular flexibility index (Phi) is 5.70. The molecule has 0 unspecified atom stereocenters. The number of benzene rings is 2. The molecule has 0 saturated heterocycles. The van der Waals surface area contributed by atoms with Crippen LogP contribution >= 0.6 is 0 Å². The molecule has 0 atom stereocenters. The third-order valence-corrected chi connectivity index (χ3v) is 2.71. The molecular weight excluding hydrogens is 296 g/mol. The topological polar surface area (TPSA) is 106 Å². The lowest BCUT2D eigenvalue weighted by Gasteiger charge is -2.09. The van der Waals surface area contributed by atoms with Crippen LogP contribution in [0.25, 0.3) is 0 Å². The Hall–Kier alpha value is -3.35. The summed E-state index contributed by atoms with van der Waals surface area (Å²) in [6.45, 7) is -0.150. The number of rotatable bonds is 6. The van der Waals surface area contributed by atoms with E-state index >= 15 is 0 Å². The van der Waals surface area contributed by atoms with Gasteiger partial charge >= 0.3 is 6.03 Å². The minimum atomic E-state index is -0.762. The molecule has 3 amide bonds. The molecule has 0 saturated carbocycles. The summed E-state index contributed by atoms with van der Waals surface area (Å²) in [7, 11) is 0. The van der Waals surface area contributed by atoms with Gasteiger partial charge in [-0.25, -0.2) is 10.2 Å². The van der Waals surface area contributed by atoms with Crippen LogP contribution in [0, 0.1) is 0 Å². The van der Waals surface area contributed by atoms with Gasteiger partial charge in [0.1, 0.15) is 5.75 Å². The van der Waals surface area contributed by atoms with Crippen molar-refractivity contribution in [3.63, 3.8) is 0 Å². The highest BCUT2D eigenvalue weighted by Gasteiger charge is 2.06. The fraction of sp³-hybridized carbons (Fsp3) is 0.0625. The Bertz CT molecular complexity index is 701. The predicted octanol–water partition coefficient (Wildman–Crippen LogP) is 1.71. The van der Waals surface area contributed by atoms with Crippen LogP contribution in [-0.4, -0.2) is 24.8 Å². The fourth-order valence-electron chi connectivity index (χ4n) is 1.75. The minimum Gasteiger partial charge on any atom is -0.483 e. The molecule has 4 N–H and O–H groups in total. The monoisotopic (exact) mass is 312 g/mol. The summed E-state index contributed by atoms with van der Waals surface area (Å²) in [6.07, 6.45) is 1.38. The third-order valence-electron chi connectivity index (χ3n) is 2.71. The maximum atomic E-state index is 11.9. The Morgan fingerprint density at radius 2 is 1.78 bits per heavy atom. The van der Waals surface area contributed by atoms with Crippen LogP contribution < -0.4 is 21.2 Å². The lowest BCUT2D eigenvalue weighted by molar-refractivity contribution is -0.118. The number of para-hydroxylation sites is 2. The van der Waals surface area contributed by atoms with Gasteiger partial charge in [0.2, 0.25) is 0 Å². The van der Waals surface area contributed by atoms with Crippen molar-refractivity contribution in [2.45, 2.75) is 0 Å². The van der Waals surface area contributed by atoms with Crippen molar-refractivity contribution < 1.29 is 14.3 Å². The number of ether oxygens (including phenoxy) is 1. The molecule has 0 aromatic heterocycles. The van der Waals surface area contributed by atoms with E-state index in [2.05, 4.69) is 15.8 Å². The van der Waals surface area contributed by atoms with Gasteiger partial charge in [0.15, 0.2) is 6.61 Å². The van der Waals surface area contributed by atoms with Crippen molar-refractivity contribution in [2.24, 2.45) is 10.8 Å². The van der Waals surface area contributed by atoms with Gasteiger partial charge in [0.25, 0.3) is 5.91 Å².